The first-order valence-electron chi connectivity index (χ1n) is 6.36. The molecule has 2 nitrogen and oxygen atoms in total. The van der Waals surface area contributed by atoms with Gasteiger partial charge in [-0.25, -0.2) is 4.39 Å². The number of fused-ring (bicyclic) bond motifs is 1. The largest absolute Gasteiger partial charge is 0.496 e. The number of methoxy groups -OCH3 is 1. The molecule has 0 aromatic heterocycles. The zero-order chi connectivity index (χ0) is 14.1. The van der Waals surface area contributed by atoms with E-state index in [1.807, 2.05) is 6.07 Å². The molecular weight excluding hydrogens is 323 g/mol. The second-order valence-electron chi connectivity index (χ2n) is 4.77. The minimum Gasteiger partial charge on any atom is -0.496 e. The fourth-order valence-corrected chi connectivity index (χ4v) is 3.08. The van der Waals surface area contributed by atoms with Crippen molar-refractivity contribution in [1.82, 2.24) is 0 Å². The molecule has 1 atom stereocenters. The number of hydrogen-bond donors (Lipinski definition) is 0. The monoisotopic (exact) mass is 336 g/mol. The summed E-state index contributed by atoms with van der Waals surface area (Å²) in [6.07, 6.45) is 0. The van der Waals surface area contributed by atoms with Crippen molar-refractivity contribution >= 4 is 15.9 Å². The summed E-state index contributed by atoms with van der Waals surface area (Å²) in [6.45, 7) is 1.31. The van der Waals surface area contributed by atoms with Gasteiger partial charge in [0.2, 0.25) is 0 Å². The van der Waals surface area contributed by atoms with E-state index >= 15 is 0 Å². The Morgan fingerprint density at radius 1 is 1.15 bits per heavy atom. The number of rotatable bonds is 3. The Morgan fingerprint density at radius 3 is 2.75 bits per heavy atom. The maximum Gasteiger partial charge on any atom is 0.123 e. The van der Waals surface area contributed by atoms with Crippen molar-refractivity contribution in [2.24, 2.45) is 0 Å². The highest BCUT2D eigenvalue weighted by Crippen LogP contribution is 2.38. The number of alkyl halides is 1. The molecule has 20 heavy (non-hydrogen) atoms. The molecule has 0 saturated carbocycles. The van der Waals surface area contributed by atoms with Crippen LogP contribution in [0.1, 0.15) is 27.1 Å². The molecule has 0 bridgehead atoms. The normalized spacial score (nSPS) is 14.9. The highest BCUT2D eigenvalue weighted by Gasteiger charge is 2.19. The average Bonchev–Trinajstić information content (AvgIpc) is 2.93. The van der Waals surface area contributed by atoms with Gasteiger partial charge in [-0.2, -0.15) is 0 Å². The fourth-order valence-electron chi connectivity index (χ4n) is 2.43. The van der Waals surface area contributed by atoms with E-state index in [4.69, 9.17) is 9.47 Å². The van der Waals surface area contributed by atoms with Gasteiger partial charge in [0.1, 0.15) is 11.6 Å². The molecule has 0 N–H and O–H groups in total. The van der Waals surface area contributed by atoms with Crippen molar-refractivity contribution in [3.63, 3.8) is 0 Å². The van der Waals surface area contributed by atoms with E-state index in [9.17, 15) is 4.39 Å². The van der Waals surface area contributed by atoms with Crippen LogP contribution in [0, 0.1) is 5.82 Å². The predicted octanol–water partition coefficient (Wildman–Crippen LogP) is 4.35. The molecular formula is C16H14BrFO2. The fraction of sp³-hybridized carbons (Fsp3) is 0.250. The minimum atomic E-state index is -0.269. The van der Waals surface area contributed by atoms with Gasteiger partial charge in [0, 0.05) is 5.56 Å². The van der Waals surface area contributed by atoms with Gasteiger partial charge in [-0.1, -0.05) is 34.1 Å². The lowest BCUT2D eigenvalue weighted by atomic mass is 10.00. The predicted molar refractivity (Wildman–Crippen MR) is 78.7 cm³/mol. The molecule has 1 aliphatic rings. The van der Waals surface area contributed by atoms with Crippen LogP contribution >= 0.6 is 15.9 Å². The van der Waals surface area contributed by atoms with Crippen LogP contribution in [-0.4, -0.2) is 7.11 Å². The van der Waals surface area contributed by atoms with Crippen LogP contribution < -0.4 is 4.74 Å². The third-order valence-electron chi connectivity index (χ3n) is 3.50. The van der Waals surface area contributed by atoms with Crippen LogP contribution in [0.3, 0.4) is 0 Å². The summed E-state index contributed by atoms with van der Waals surface area (Å²) in [6, 6.07) is 10.8. The zero-order valence-corrected chi connectivity index (χ0v) is 12.6. The van der Waals surface area contributed by atoms with Gasteiger partial charge < -0.3 is 9.47 Å². The molecule has 0 fully saturated rings. The van der Waals surface area contributed by atoms with Gasteiger partial charge in [0.25, 0.3) is 0 Å². The highest BCUT2D eigenvalue weighted by atomic mass is 79.9. The van der Waals surface area contributed by atoms with Crippen molar-refractivity contribution in [1.29, 1.82) is 0 Å². The Kier molecular flexibility index (Phi) is 3.76. The average molecular weight is 337 g/mol. The topological polar surface area (TPSA) is 18.5 Å². The quantitative estimate of drug-likeness (QED) is 0.776. The molecule has 1 heterocycles. The first-order chi connectivity index (χ1) is 9.69. The zero-order valence-electron chi connectivity index (χ0n) is 11.0. The molecule has 0 amide bonds. The molecule has 0 radical (unpaired) electrons. The third kappa shape index (κ3) is 2.45. The van der Waals surface area contributed by atoms with E-state index < -0.39 is 0 Å². The molecule has 2 aromatic rings. The Morgan fingerprint density at radius 2 is 1.95 bits per heavy atom. The van der Waals surface area contributed by atoms with Crippen molar-refractivity contribution in [3.05, 3.63) is 64.5 Å². The molecule has 1 aliphatic heterocycles. The lowest BCUT2D eigenvalue weighted by molar-refractivity contribution is 0.134. The van der Waals surface area contributed by atoms with E-state index in [0.29, 0.717) is 19.0 Å². The van der Waals surface area contributed by atoms with Gasteiger partial charge in [0.05, 0.1) is 25.2 Å². The van der Waals surface area contributed by atoms with Crippen LogP contribution in [0.2, 0.25) is 0 Å². The summed E-state index contributed by atoms with van der Waals surface area (Å²) in [5.41, 5.74) is 4.27. The summed E-state index contributed by atoms with van der Waals surface area (Å²) in [5, 5.41) is 0. The Balaban J connectivity index is 2.00. The van der Waals surface area contributed by atoms with Crippen LogP contribution in [0.25, 0.3) is 0 Å². The van der Waals surface area contributed by atoms with Gasteiger partial charge >= 0.3 is 0 Å². The van der Waals surface area contributed by atoms with Gasteiger partial charge in [0.15, 0.2) is 0 Å². The maximum absolute atomic E-state index is 13.5. The number of halogens is 2. The van der Waals surface area contributed by atoms with Crippen molar-refractivity contribution in [3.8, 4) is 5.75 Å². The van der Waals surface area contributed by atoms with E-state index in [0.717, 1.165) is 11.1 Å². The minimum absolute atomic E-state index is 0.112. The SMILES string of the molecule is COc1ccc(F)cc1C(Br)c1ccc2c(c1)COC2. The van der Waals surface area contributed by atoms with Crippen LogP contribution in [0.4, 0.5) is 4.39 Å². The van der Waals surface area contributed by atoms with E-state index in [1.54, 1.807) is 13.2 Å². The van der Waals surface area contributed by atoms with Crippen molar-refractivity contribution in [2.75, 3.05) is 7.11 Å². The molecule has 104 valence electrons. The van der Waals surface area contributed by atoms with Gasteiger partial charge in [-0.05, 0) is 34.9 Å². The van der Waals surface area contributed by atoms with E-state index in [1.165, 1.54) is 23.3 Å². The summed E-state index contributed by atoms with van der Waals surface area (Å²) >= 11 is 3.64. The van der Waals surface area contributed by atoms with E-state index in [-0.39, 0.29) is 10.6 Å². The summed E-state index contributed by atoms with van der Waals surface area (Å²) in [4.78, 5) is -0.112. The summed E-state index contributed by atoms with van der Waals surface area (Å²) in [7, 11) is 1.59. The van der Waals surface area contributed by atoms with Crippen molar-refractivity contribution < 1.29 is 13.9 Å². The lowest BCUT2D eigenvalue weighted by Gasteiger charge is -2.15. The first kappa shape index (κ1) is 13.6. The second-order valence-corrected chi connectivity index (χ2v) is 5.69. The Labute approximate surface area is 125 Å². The smallest absolute Gasteiger partial charge is 0.123 e. The molecule has 1 unspecified atom stereocenters. The first-order valence-corrected chi connectivity index (χ1v) is 7.27. The van der Waals surface area contributed by atoms with Crippen molar-refractivity contribution in [2.45, 2.75) is 18.0 Å². The van der Waals surface area contributed by atoms with Crippen LogP contribution in [0.5, 0.6) is 5.75 Å². The second kappa shape index (κ2) is 5.54. The maximum atomic E-state index is 13.5. The standard InChI is InChI=1S/C16H14BrFO2/c1-19-15-5-4-13(18)7-14(15)16(17)10-2-3-11-8-20-9-12(11)6-10/h2-7,16H,8-9H2,1H3. The van der Waals surface area contributed by atoms with Crippen LogP contribution in [0.15, 0.2) is 36.4 Å². The molecule has 4 heteroatoms. The molecule has 0 saturated heterocycles. The number of benzene rings is 2. The number of ether oxygens (including phenoxy) is 2. The van der Waals surface area contributed by atoms with E-state index in [2.05, 4.69) is 28.1 Å². The lowest BCUT2D eigenvalue weighted by Crippen LogP contribution is -1.99. The molecule has 0 spiro atoms. The highest BCUT2D eigenvalue weighted by molar-refractivity contribution is 9.09. The number of hydrogen-bond acceptors (Lipinski definition) is 2. The molecule has 0 aliphatic carbocycles. The Bertz CT molecular complexity index is 642. The summed E-state index contributed by atoms with van der Waals surface area (Å²) in [5.74, 6) is 0.403. The summed E-state index contributed by atoms with van der Waals surface area (Å²) < 4.78 is 24.2. The molecule has 2 aromatic carbocycles. The van der Waals surface area contributed by atoms with Gasteiger partial charge in [-0.15, -0.1) is 0 Å². The molecule has 3 rings (SSSR count). The van der Waals surface area contributed by atoms with Gasteiger partial charge in [-0.3, -0.25) is 0 Å². The van der Waals surface area contributed by atoms with Crippen LogP contribution in [-0.2, 0) is 18.0 Å². The third-order valence-corrected chi connectivity index (χ3v) is 4.52. The Hall–Kier alpha value is -1.39.